The van der Waals surface area contributed by atoms with Crippen molar-refractivity contribution in [1.29, 1.82) is 0 Å². The summed E-state index contributed by atoms with van der Waals surface area (Å²) in [5.74, 6) is 0. The van der Waals surface area contributed by atoms with Gasteiger partial charge in [0.2, 0.25) is 0 Å². The molecule has 0 nitrogen and oxygen atoms in total. The summed E-state index contributed by atoms with van der Waals surface area (Å²) in [5.41, 5.74) is 0. The van der Waals surface area contributed by atoms with Crippen molar-refractivity contribution in [3.63, 3.8) is 0 Å². The highest BCUT2D eigenvalue weighted by molar-refractivity contribution is 6.92. The highest BCUT2D eigenvalue weighted by Crippen LogP contribution is 2.23. The van der Waals surface area contributed by atoms with Gasteiger partial charge in [0.1, 0.15) is 0 Å². The number of benzene rings is 3. The van der Waals surface area contributed by atoms with Crippen LogP contribution < -0.4 is 5.19 Å². The zero-order valence-electron chi connectivity index (χ0n) is 11.1. The number of rotatable bonds is 1. The monoisotopic (exact) mass is 249 g/mol. The minimum atomic E-state index is -1.38. The van der Waals surface area contributed by atoms with E-state index >= 15 is 0 Å². The van der Waals surface area contributed by atoms with Crippen LogP contribution in [0, 0.1) is 6.07 Å². The van der Waals surface area contributed by atoms with E-state index in [1.54, 1.807) is 5.19 Å². The lowest BCUT2D eigenvalue weighted by Crippen LogP contribution is -2.38. The van der Waals surface area contributed by atoms with E-state index < -0.39 is 8.07 Å². The fourth-order valence-electron chi connectivity index (χ4n) is 2.72. The Morgan fingerprint density at radius 3 is 1.61 bits per heavy atom. The van der Waals surface area contributed by atoms with Gasteiger partial charge < -0.3 is 0 Å². The SMILES string of the molecule is C[Si](C)(C)c1c2ccccc2[c]c2ccccc12. The van der Waals surface area contributed by atoms with Crippen LogP contribution in [0.15, 0.2) is 48.5 Å². The predicted octanol–water partition coefficient (Wildman–Crippen LogP) is 4.34. The second-order valence-electron chi connectivity index (χ2n) is 5.84. The molecule has 1 radical (unpaired) electrons. The third-order valence-electron chi connectivity index (χ3n) is 3.41. The Labute approximate surface area is 109 Å². The van der Waals surface area contributed by atoms with E-state index in [-0.39, 0.29) is 0 Å². The van der Waals surface area contributed by atoms with E-state index in [9.17, 15) is 0 Å². The van der Waals surface area contributed by atoms with Crippen molar-refractivity contribution in [2.75, 3.05) is 0 Å². The molecule has 89 valence electrons. The van der Waals surface area contributed by atoms with Crippen LogP contribution in [0.5, 0.6) is 0 Å². The molecular weight excluding hydrogens is 232 g/mol. The molecule has 3 aromatic carbocycles. The average molecular weight is 249 g/mol. The summed E-state index contributed by atoms with van der Waals surface area (Å²) in [7, 11) is -1.38. The van der Waals surface area contributed by atoms with Crippen LogP contribution >= 0.6 is 0 Å². The third-order valence-corrected chi connectivity index (χ3v) is 5.45. The summed E-state index contributed by atoms with van der Waals surface area (Å²) in [6.07, 6.45) is 0. The number of fused-ring (bicyclic) bond motifs is 2. The van der Waals surface area contributed by atoms with E-state index in [1.807, 2.05) is 0 Å². The zero-order chi connectivity index (χ0) is 12.8. The quantitative estimate of drug-likeness (QED) is 0.444. The average Bonchev–Trinajstić information content (AvgIpc) is 2.34. The molecule has 1 heteroatoms. The molecule has 0 aliphatic carbocycles. The first-order valence-corrected chi connectivity index (χ1v) is 9.90. The normalized spacial score (nSPS) is 12.2. The standard InChI is InChI=1S/C17H17Si/c1-18(2,3)17-15-10-6-4-8-13(15)12-14-9-5-7-11-16(14)17/h4-11H,1-3H3. The van der Waals surface area contributed by atoms with Crippen LogP contribution in [0.2, 0.25) is 19.6 Å². The minimum absolute atomic E-state index is 1.24. The maximum absolute atomic E-state index is 3.54. The highest BCUT2D eigenvalue weighted by atomic mass is 28.3. The first-order chi connectivity index (χ1) is 8.57. The van der Waals surface area contributed by atoms with Gasteiger partial charge in [-0.05, 0) is 32.8 Å². The molecule has 0 bridgehead atoms. The van der Waals surface area contributed by atoms with Gasteiger partial charge >= 0.3 is 0 Å². The van der Waals surface area contributed by atoms with Gasteiger partial charge in [0.15, 0.2) is 0 Å². The molecule has 0 atom stereocenters. The molecule has 0 saturated heterocycles. The molecule has 0 heterocycles. The molecule has 0 unspecified atom stereocenters. The molecule has 0 amide bonds. The number of hydrogen-bond acceptors (Lipinski definition) is 0. The summed E-state index contributed by atoms with van der Waals surface area (Å²) in [4.78, 5) is 0. The first-order valence-electron chi connectivity index (χ1n) is 6.40. The molecule has 0 spiro atoms. The van der Waals surface area contributed by atoms with Crippen molar-refractivity contribution < 1.29 is 0 Å². The fraction of sp³-hybridized carbons (Fsp3) is 0.176. The van der Waals surface area contributed by atoms with Crippen molar-refractivity contribution in [2.24, 2.45) is 0 Å². The Balaban J connectivity index is 2.58. The Hall–Kier alpha value is -1.60. The van der Waals surface area contributed by atoms with Crippen molar-refractivity contribution in [3.05, 3.63) is 54.6 Å². The minimum Gasteiger partial charge on any atom is -0.0656 e. The van der Waals surface area contributed by atoms with Gasteiger partial charge in [-0.15, -0.1) is 0 Å². The van der Waals surface area contributed by atoms with Crippen LogP contribution in [0.3, 0.4) is 0 Å². The van der Waals surface area contributed by atoms with Gasteiger partial charge in [0.05, 0.1) is 8.07 Å². The summed E-state index contributed by atoms with van der Waals surface area (Å²) in [6.45, 7) is 7.25. The molecule has 0 fully saturated rings. The predicted molar refractivity (Wildman–Crippen MR) is 83.3 cm³/mol. The first kappa shape index (κ1) is 11.5. The van der Waals surface area contributed by atoms with E-state index in [1.165, 1.54) is 21.5 Å². The summed E-state index contributed by atoms with van der Waals surface area (Å²) < 4.78 is 0. The molecular formula is C17H17Si. The lowest BCUT2D eigenvalue weighted by molar-refractivity contribution is 1.72. The van der Waals surface area contributed by atoms with E-state index in [2.05, 4.69) is 74.2 Å². The van der Waals surface area contributed by atoms with Crippen molar-refractivity contribution in [3.8, 4) is 0 Å². The second kappa shape index (κ2) is 3.96. The Morgan fingerprint density at radius 1 is 0.722 bits per heavy atom. The smallest absolute Gasteiger partial charge is 0.0656 e. The van der Waals surface area contributed by atoms with Gasteiger partial charge in [0.25, 0.3) is 0 Å². The van der Waals surface area contributed by atoms with Crippen molar-refractivity contribution in [1.82, 2.24) is 0 Å². The van der Waals surface area contributed by atoms with Crippen LogP contribution in [-0.2, 0) is 0 Å². The molecule has 3 rings (SSSR count). The van der Waals surface area contributed by atoms with Crippen LogP contribution in [0.1, 0.15) is 0 Å². The number of hydrogen-bond donors (Lipinski definition) is 0. The van der Waals surface area contributed by atoms with E-state index in [0.29, 0.717) is 0 Å². The molecule has 0 saturated carbocycles. The molecule has 18 heavy (non-hydrogen) atoms. The van der Waals surface area contributed by atoms with Crippen LogP contribution in [0.25, 0.3) is 21.5 Å². The van der Waals surface area contributed by atoms with Crippen molar-refractivity contribution in [2.45, 2.75) is 19.6 Å². The van der Waals surface area contributed by atoms with Crippen LogP contribution in [0.4, 0.5) is 0 Å². The van der Waals surface area contributed by atoms with E-state index in [4.69, 9.17) is 0 Å². The molecule has 0 N–H and O–H groups in total. The van der Waals surface area contributed by atoms with Gasteiger partial charge in [0, 0.05) is 0 Å². The molecule has 0 aliphatic heterocycles. The van der Waals surface area contributed by atoms with Gasteiger partial charge in [-0.25, -0.2) is 0 Å². The largest absolute Gasteiger partial charge is 0.0792 e. The highest BCUT2D eigenvalue weighted by Gasteiger charge is 2.21. The fourth-order valence-corrected chi connectivity index (χ4v) is 4.77. The lowest BCUT2D eigenvalue weighted by atomic mass is 10.0. The van der Waals surface area contributed by atoms with Crippen molar-refractivity contribution >= 4 is 34.8 Å². The second-order valence-corrected chi connectivity index (χ2v) is 10.8. The lowest BCUT2D eigenvalue weighted by Gasteiger charge is -2.22. The van der Waals surface area contributed by atoms with E-state index in [0.717, 1.165) is 0 Å². The van der Waals surface area contributed by atoms with Gasteiger partial charge in [-0.3, -0.25) is 0 Å². The van der Waals surface area contributed by atoms with Gasteiger partial charge in [-0.2, -0.15) is 0 Å². The van der Waals surface area contributed by atoms with Gasteiger partial charge in [-0.1, -0.05) is 68.2 Å². The Morgan fingerprint density at radius 2 is 1.17 bits per heavy atom. The molecule has 0 aromatic heterocycles. The molecule has 0 aliphatic rings. The maximum atomic E-state index is 3.54. The summed E-state index contributed by atoms with van der Waals surface area (Å²) in [5, 5.41) is 6.82. The Bertz CT molecular complexity index is 666. The third kappa shape index (κ3) is 1.75. The maximum Gasteiger partial charge on any atom is 0.0792 e. The molecule has 3 aromatic rings. The zero-order valence-corrected chi connectivity index (χ0v) is 12.1. The summed E-state index contributed by atoms with van der Waals surface area (Å²) >= 11 is 0. The summed E-state index contributed by atoms with van der Waals surface area (Å²) in [6, 6.07) is 20.8. The van der Waals surface area contributed by atoms with Crippen LogP contribution in [-0.4, -0.2) is 8.07 Å². The topological polar surface area (TPSA) is 0 Å². The Kier molecular flexibility index (Phi) is 2.53.